The lowest BCUT2D eigenvalue weighted by atomic mass is 10.2. The molecule has 0 aliphatic carbocycles. The van der Waals surface area contributed by atoms with Gasteiger partial charge in [-0.2, -0.15) is 0 Å². The van der Waals surface area contributed by atoms with Crippen molar-refractivity contribution in [3.05, 3.63) is 53.0 Å². The van der Waals surface area contributed by atoms with Gasteiger partial charge in [0.2, 0.25) is 5.91 Å². The fraction of sp³-hybridized carbons (Fsp3) is 0.409. The Labute approximate surface area is 191 Å². The van der Waals surface area contributed by atoms with E-state index in [9.17, 15) is 4.79 Å². The zero-order valence-corrected chi connectivity index (χ0v) is 19.4. The van der Waals surface area contributed by atoms with Crippen LogP contribution in [0.15, 0.2) is 53.3 Å². The van der Waals surface area contributed by atoms with Crippen molar-refractivity contribution in [2.24, 2.45) is 0 Å². The number of likely N-dealkylation sites (N-methyl/N-ethyl adjacent to an activating group) is 1. The molecule has 164 valence electrons. The Morgan fingerprint density at radius 3 is 2.68 bits per heavy atom. The number of hydrogen-bond donors (Lipinski definition) is 1. The third-order valence-electron chi connectivity index (χ3n) is 5.43. The number of aryl methyl sites for hydroxylation is 2. The number of rotatable bonds is 9. The maximum atomic E-state index is 12.4. The summed E-state index contributed by atoms with van der Waals surface area (Å²) in [5.74, 6) is 0.264. The van der Waals surface area contributed by atoms with Gasteiger partial charge in [-0.05, 0) is 48.7 Å². The van der Waals surface area contributed by atoms with Crippen molar-refractivity contribution in [3.8, 4) is 0 Å². The Balaban J connectivity index is 1.24. The normalized spacial score (nSPS) is 14.7. The first kappa shape index (κ1) is 21.9. The molecule has 3 heterocycles. The summed E-state index contributed by atoms with van der Waals surface area (Å²) in [6.45, 7) is 8.43. The van der Waals surface area contributed by atoms with Crippen molar-refractivity contribution in [3.63, 3.8) is 0 Å². The molecule has 1 fully saturated rings. The van der Waals surface area contributed by atoms with Crippen molar-refractivity contribution in [1.29, 1.82) is 0 Å². The molecule has 0 spiro atoms. The summed E-state index contributed by atoms with van der Waals surface area (Å²) in [7, 11) is 0. The van der Waals surface area contributed by atoms with E-state index < -0.39 is 0 Å². The van der Waals surface area contributed by atoms with Crippen molar-refractivity contribution in [2.75, 3.05) is 48.7 Å². The zero-order chi connectivity index (χ0) is 21.5. The second kappa shape index (κ2) is 10.8. The van der Waals surface area contributed by atoms with Crippen LogP contribution in [0.5, 0.6) is 0 Å². The number of amides is 1. The molecule has 1 aromatic carbocycles. The van der Waals surface area contributed by atoms with Gasteiger partial charge in [-0.25, -0.2) is 0 Å². The first-order valence-electron chi connectivity index (χ1n) is 10.6. The highest BCUT2D eigenvalue weighted by atomic mass is 32.2. The van der Waals surface area contributed by atoms with Crippen molar-refractivity contribution in [2.45, 2.75) is 25.0 Å². The summed E-state index contributed by atoms with van der Waals surface area (Å²) in [6.07, 6.45) is 2.67. The summed E-state index contributed by atoms with van der Waals surface area (Å²) in [4.78, 5) is 18.6. The van der Waals surface area contributed by atoms with Gasteiger partial charge in [0.25, 0.3) is 0 Å². The van der Waals surface area contributed by atoms with Gasteiger partial charge in [-0.1, -0.05) is 24.8 Å². The maximum Gasteiger partial charge on any atom is 0.234 e. The molecule has 1 saturated heterocycles. The zero-order valence-electron chi connectivity index (χ0n) is 17.7. The van der Waals surface area contributed by atoms with E-state index in [1.54, 1.807) is 17.7 Å². The average Bonchev–Trinajstić information content (AvgIpc) is 3.49. The van der Waals surface area contributed by atoms with E-state index in [0.29, 0.717) is 5.75 Å². The Morgan fingerprint density at radius 2 is 1.97 bits per heavy atom. The lowest BCUT2D eigenvalue weighted by molar-refractivity contribution is -0.113. The molecule has 7 nitrogen and oxygen atoms in total. The third kappa shape index (κ3) is 6.09. The Kier molecular flexibility index (Phi) is 7.61. The first-order chi connectivity index (χ1) is 15.2. The maximum absolute atomic E-state index is 12.4. The predicted molar refractivity (Wildman–Crippen MR) is 128 cm³/mol. The number of thiophene rings is 1. The smallest absolute Gasteiger partial charge is 0.234 e. The molecule has 2 aromatic heterocycles. The third-order valence-corrected chi connectivity index (χ3v) is 7.34. The van der Waals surface area contributed by atoms with E-state index in [2.05, 4.69) is 61.9 Å². The summed E-state index contributed by atoms with van der Waals surface area (Å²) >= 11 is 3.17. The van der Waals surface area contributed by atoms with Crippen LogP contribution in [0.1, 0.15) is 11.8 Å². The predicted octanol–water partition coefficient (Wildman–Crippen LogP) is 3.46. The average molecular weight is 457 g/mol. The minimum absolute atomic E-state index is 0.0397. The number of hydrogen-bond acceptors (Lipinski definition) is 7. The molecule has 1 amide bonds. The van der Waals surface area contributed by atoms with Gasteiger partial charge < -0.3 is 19.7 Å². The molecule has 4 rings (SSSR count). The van der Waals surface area contributed by atoms with E-state index in [0.717, 1.165) is 56.5 Å². The van der Waals surface area contributed by atoms with Crippen LogP contribution >= 0.6 is 23.1 Å². The van der Waals surface area contributed by atoms with Crippen LogP contribution in [0.2, 0.25) is 0 Å². The van der Waals surface area contributed by atoms with Crippen LogP contribution in [0, 0.1) is 0 Å². The summed E-state index contributed by atoms with van der Waals surface area (Å²) in [5, 5.41) is 14.0. The molecule has 0 bridgehead atoms. The molecule has 1 aliphatic heterocycles. The second-order valence-corrected chi connectivity index (χ2v) is 9.42. The van der Waals surface area contributed by atoms with Gasteiger partial charge in [0.1, 0.15) is 6.33 Å². The highest BCUT2D eigenvalue weighted by Crippen LogP contribution is 2.21. The van der Waals surface area contributed by atoms with Crippen LogP contribution < -0.4 is 10.2 Å². The molecule has 9 heteroatoms. The first-order valence-corrected chi connectivity index (χ1v) is 12.5. The van der Waals surface area contributed by atoms with E-state index >= 15 is 0 Å². The molecular formula is C22H28N6OS2. The highest BCUT2D eigenvalue weighted by Gasteiger charge is 2.16. The lowest BCUT2D eigenvalue weighted by Gasteiger charge is -2.35. The molecule has 1 N–H and O–H groups in total. The van der Waals surface area contributed by atoms with Gasteiger partial charge in [0, 0.05) is 49.0 Å². The standard InChI is InChI=1S/C22H28N6OS2/c1-2-26-11-13-27(14-12-26)19-7-5-18(6-8-19)24-21(29)16-31-22-25-23-17-28(22)10-9-20-4-3-15-30-20/h3-8,15,17H,2,9-14,16H2,1H3,(H,24,29). The van der Waals surface area contributed by atoms with Crippen LogP contribution in [0.4, 0.5) is 11.4 Å². The van der Waals surface area contributed by atoms with Crippen LogP contribution in [0.3, 0.4) is 0 Å². The van der Waals surface area contributed by atoms with Crippen LogP contribution in [-0.2, 0) is 17.8 Å². The monoisotopic (exact) mass is 456 g/mol. The molecule has 3 aromatic rings. The number of benzene rings is 1. The van der Waals surface area contributed by atoms with Gasteiger partial charge >= 0.3 is 0 Å². The van der Waals surface area contributed by atoms with Gasteiger partial charge in [0.05, 0.1) is 5.75 Å². The number of carbonyl (C=O) groups is 1. The van der Waals surface area contributed by atoms with E-state index in [4.69, 9.17) is 0 Å². The Hall–Kier alpha value is -2.36. The highest BCUT2D eigenvalue weighted by molar-refractivity contribution is 7.99. The molecule has 0 atom stereocenters. The molecule has 31 heavy (non-hydrogen) atoms. The van der Waals surface area contributed by atoms with Crippen molar-refractivity contribution >= 4 is 40.4 Å². The molecule has 0 saturated carbocycles. The number of nitrogens with zero attached hydrogens (tertiary/aromatic N) is 5. The molecular weight excluding hydrogens is 428 g/mol. The minimum atomic E-state index is -0.0397. The summed E-state index contributed by atoms with van der Waals surface area (Å²) in [6, 6.07) is 12.3. The van der Waals surface area contributed by atoms with Gasteiger partial charge in [-0.15, -0.1) is 21.5 Å². The van der Waals surface area contributed by atoms with Crippen molar-refractivity contribution < 1.29 is 4.79 Å². The largest absolute Gasteiger partial charge is 0.369 e. The van der Waals surface area contributed by atoms with Crippen LogP contribution in [-0.4, -0.2) is 64.0 Å². The van der Waals surface area contributed by atoms with E-state index in [-0.39, 0.29) is 5.91 Å². The van der Waals surface area contributed by atoms with Crippen molar-refractivity contribution in [1.82, 2.24) is 19.7 Å². The second-order valence-electron chi connectivity index (χ2n) is 7.44. The Morgan fingerprint density at radius 1 is 1.16 bits per heavy atom. The molecule has 1 aliphatic rings. The number of thioether (sulfide) groups is 1. The minimum Gasteiger partial charge on any atom is -0.369 e. The van der Waals surface area contributed by atoms with Crippen LogP contribution in [0.25, 0.3) is 0 Å². The number of aromatic nitrogens is 3. The molecule has 0 unspecified atom stereocenters. The SMILES string of the molecule is CCN1CCN(c2ccc(NC(=O)CSc3nncn3CCc3cccs3)cc2)CC1. The fourth-order valence-electron chi connectivity index (χ4n) is 3.60. The number of piperazine rings is 1. The number of anilines is 2. The summed E-state index contributed by atoms with van der Waals surface area (Å²) in [5.41, 5.74) is 2.03. The summed E-state index contributed by atoms with van der Waals surface area (Å²) < 4.78 is 2.00. The lowest BCUT2D eigenvalue weighted by Crippen LogP contribution is -2.46. The topological polar surface area (TPSA) is 66.3 Å². The van der Waals surface area contributed by atoms with Gasteiger partial charge in [0.15, 0.2) is 5.16 Å². The molecule has 0 radical (unpaired) electrons. The fourth-order valence-corrected chi connectivity index (χ4v) is 5.04. The Bertz CT molecular complexity index is 949. The quantitative estimate of drug-likeness (QED) is 0.498. The van der Waals surface area contributed by atoms with E-state index in [1.807, 2.05) is 16.7 Å². The number of nitrogens with one attached hydrogen (secondary N) is 1. The number of carbonyl (C=O) groups excluding carboxylic acids is 1. The van der Waals surface area contributed by atoms with E-state index in [1.165, 1.54) is 22.3 Å². The van der Waals surface area contributed by atoms with Gasteiger partial charge in [-0.3, -0.25) is 4.79 Å².